The zero-order valence-electron chi connectivity index (χ0n) is 14.5. The fourth-order valence-electron chi connectivity index (χ4n) is 3.45. The number of nitrogens with zero attached hydrogens (tertiary/aromatic N) is 4. The molecule has 0 saturated carbocycles. The largest absolute Gasteiger partial charge is 0.360 e. The van der Waals surface area contributed by atoms with Gasteiger partial charge >= 0.3 is 0 Å². The molecule has 7 nitrogen and oxygen atoms in total. The Labute approximate surface area is 142 Å². The number of nitrogens with one attached hydrogen (secondary N) is 1. The Morgan fingerprint density at radius 3 is 2.96 bits per heavy atom. The smallest absolute Gasteiger partial charge is 0.242 e. The van der Waals surface area contributed by atoms with Crippen molar-refractivity contribution in [2.75, 3.05) is 11.9 Å². The van der Waals surface area contributed by atoms with Crippen molar-refractivity contribution in [2.24, 2.45) is 0 Å². The summed E-state index contributed by atoms with van der Waals surface area (Å²) >= 11 is 0. The summed E-state index contributed by atoms with van der Waals surface area (Å²) in [6.45, 7) is 7.65. The number of aryl methyl sites for hydroxylation is 2. The van der Waals surface area contributed by atoms with Crippen LogP contribution in [0.1, 0.15) is 37.5 Å². The number of carbonyl (C=O) groups is 1. The molecule has 2 aromatic rings. The molecule has 24 heavy (non-hydrogen) atoms. The van der Waals surface area contributed by atoms with Crippen molar-refractivity contribution < 1.29 is 9.32 Å². The zero-order chi connectivity index (χ0) is 17.1. The van der Waals surface area contributed by atoms with E-state index < -0.39 is 0 Å². The SMILES string of the molecule is CCC(C(=O)Nc1cc(C)on1)N1CCCC1Cn1cc(C)cn1. The highest BCUT2D eigenvalue weighted by Crippen LogP contribution is 2.24. The summed E-state index contributed by atoms with van der Waals surface area (Å²) in [5.41, 5.74) is 1.16. The Morgan fingerprint density at radius 1 is 1.50 bits per heavy atom. The molecule has 2 unspecified atom stereocenters. The highest BCUT2D eigenvalue weighted by Gasteiger charge is 2.34. The van der Waals surface area contributed by atoms with E-state index in [-0.39, 0.29) is 11.9 Å². The van der Waals surface area contributed by atoms with Gasteiger partial charge in [0.05, 0.1) is 18.8 Å². The zero-order valence-corrected chi connectivity index (χ0v) is 14.5. The number of aromatic nitrogens is 3. The third-order valence-electron chi connectivity index (χ3n) is 4.55. The summed E-state index contributed by atoms with van der Waals surface area (Å²) in [6, 6.07) is 1.91. The van der Waals surface area contributed by atoms with Gasteiger partial charge in [0.25, 0.3) is 0 Å². The van der Waals surface area contributed by atoms with Crippen molar-refractivity contribution in [3.63, 3.8) is 0 Å². The summed E-state index contributed by atoms with van der Waals surface area (Å²) in [6.07, 6.45) is 6.88. The fraction of sp³-hybridized carbons (Fsp3) is 0.588. The molecule has 1 aliphatic rings. The van der Waals surface area contributed by atoms with Crippen LogP contribution in [0.4, 0.5) is 5.82 Å². The van der Waals surface area contributed by atoms with E-state index in [0.717, 1.165) is 37.9 Å². The Bertz CT molecular complexity index is 693. The molecule has 130 valence electrons. The first-order valence-electron chi connectivity index (χ1n) is 8.55. The molecule has 1 fully saturated rings. The lowest BCUT2D eigenvalue weighted by molar-refractivity contribution is -0.122. The average molecular weight is 331 g/mol. The molecule has 1 amide bonds. The minimum Gasteiger partial charge on any atom is -0.360 e. The maximum absolute atomic E-state index is 12.7. The van der Waals surface area contributed by atoms with Crippen molar-refractivity contribution in [3.8, 4) is 0 Å². The topological polar surface area (TPSA) is 76.2 Å². The van der Waals surface area contributed by atoms with Crippen LogP contribution >= 0.6 is 0 Å². The second-order valence-corrected chi connectivity index (χ2v) is 6.51. The van der Waals surface area contributed by atoms with Gasteiger partial charge in [-0.1, -0.05) is 12.1 Å². The maximum Gasteiger partial charge on any atom is 0.242 e. The first-order valence-corrected chi connectivity index (χ1v) is 8.55. The predicted octanol–water partition coefficient (Wildman–Crippen LogP) is 2.37. The summed E-state index contributed by atoms with van der Waals surface area (Å²) in [5.74, 6) is 1.15. The average Bonchev–Trinajstić information content (AvgIpc) is 3.25. The van der Waals surface area contributed by atoms with Crippen LogP contribution < -0.4 is 5.32 Å². The van der Waals surface area contributed by atoms with Crippen molar-refractivity contribution in [2.45, 2.75) is 58.7 Å². The van der Waals surface area contributed by atoms with Crippen LogP contribution in [0.15, 0.2) is 23.0 Å². The van der Waals surface area contributed by atoms with Gasteiger partial charge in [-0.05, 0) is 45.2 Å². The van der Waals surface area contributed by atoms with Crippen LogP contribution in [0.3, 0.4) is 0 Å². The standard InChI is InChI=1S/C17H25N5O2/c1-4-15(17(23)19-16-8-13(3)24-20-16)22-7-5-6-14(22)11-21-10-12(2)9-18-21/h8-10,14-15H,4-7,11H2,1-3H3,(H,19,20,23). The first kappa shape index (κ1) is 16.7. The van der Waals surface area contributed by atoms with E-state index in [4.69, 9.17) is 4.52 Å². The van der Waals surface area contributed by atoms with Crippen molar-refractivity contribution in [1.29, 1.82) is 0 Å². The normalized spacial score (nSPS) is 19.5. The van der Waals surface area contributed by atoms with Gasteiger partial charge in [-0.2, -0.15) is 5.10 Å². The van der Waals surface area contributed by atoms with E-state index in [0.29, 0.717) is 17.6 Å². The highest BCUT2D eigenvalue weighted by atomic mass is 16.5. The van der Waals surface area contributed by atoms with E-state index >= 15 is 0 Å². The Kier molecular flexibility index (Phi) is 4.99. The molecule has 0 aromatic carbocycles. The summed E-state index contributed by atoms with van der Waals surface area (Å²) in [5, 5.41) is 11.1. The number of rotatable bonds is 6. The Hall–Kier alpha value is -2.15. The minimum atomic E-state index is -0.161. The molecule has 2 atom stereocenters. The molecular formula is C17H25N5O2. The van der Waals surface area contributed by atoms with Crippen LogP contribution in [0.2, 0.25) is 0 Å². The molecule has 1 saturated heterocycles. The number of carbonyl (C=O) groups excluding carboxylic acids is 1. The van der Waals surface area contributed by atoms with Crippen LogP contribution in [0.25, 0.3) is 0 Å². The minimum absolute atomic E-state index is 0.0191. The van der Waals surface area contributed by atoms with E-state index in [1.165, 1.54) is 0 Å². The monoisotopic (exact) mass is 331 g/mol. The van der Waals surface area contributed by atoms with Crippen LogP contribution in [0, 0.1) is 13.8 Å². The van der Waals surface area contributed by atoms with Gasteiger partial charge in [-0.15, -0.1) is 0 Å². The number of anilines is 1. The van der Waals surface area contributed by atoms with Gasteiger partial charge in [0.2, 0.25) is 5.91 Å². The third-order valence-corrected chi connectivity index (χ3v) is 4.55. The summed E-state index contributed by atoms with van der Waals surface area (Å²) in [4.78, 5) is 15.0. The number of amides is 1. The van der Waals surface area contributed by atoms with E-state index in [1.54, 1.807) is 6.07 Å². The molecule has 0 bridgehead atoms. The lowest BCUT2D eigenvalue weighted by Crippen LogP contribution is -2.47. The van der Waals surface area contributed by atoms with E-state index in [2.05, 4.69) is 26.7 Å². The lowest BCUT2D eigenvalue weighted by Gasteiger charge is -2.31. The van der Waals surface area contributed by atoms with Crippen LogP contribution in [0.5, 0.6) is 0 Å². The molecular weight excluding hydrogens is 306 g/mol. The summed E-state index contributed by atoms with van der Waals surface area (Å²) < 4.78 is 6.99. The van der Waals surface area contributed by atoms with Crippen molar-refractivity contribution >= 4 is 11.7 Å². The van der Waals surface area contributed by atoms with Gasteiger partial charge in [0, 0.05) is 18.3 Å². The number of likely N-dealkylation sites (tertiary alicyclic amines) is 1. The molecule has 3 rings (SSSR count). The molecule has 0 spiro atoms. The molecule has 0 aliphatic carbocycles. The molecule has 1 aliphatic heterocycles. The fourth-order valence-corrected chi connectivity index (χ4v) is 3.45. The van der Waals surface area contributed by atoms with Gasteiger partial charge in [0.1, 0.15) is 5.76 Å². The third kappa shape index (κ3) is 3.67. The second-order valence-electron chi connectivity index (χ2n) is 6.51. The molecule has 3 heterocycles. The van der Waals surface area contributed by atoms with Gasteiger partial charge in [-0.3, -0.25) is 14.4 Å². The number of hydrogen-bond donors (Lipinski definition) is 1. The maximum atomic E-state index is 12.7. The lowest BCUT2D eigenvalue weighted by atomic mass is 10.1. The Morgan fingerprint density at radius 2 is 2.33 bits per heavy atom. The molecule has 7 heteroatoms. The summed E-state index contributed by atoms with van der Waals surface area (Å²) in [7, 11) is 0. The van der Waals surface area contributed by atoms with Crippen molar-refractivity contribution in [1.82, 2.24) is 19.8 Å². The van der Waals surface area contributed by atoms with Crippen molar-refractivity contribution in [3.05, 3.63) is 29.8 Å². The number of hydrogen-bond acceptors (Lipinski definition) is 5. The molecule has 2 aromatic heterocycles. The second kappa shape index (κ2) is 7.17. The van der Waals surface area contributed by atoms with Gasteiger partial charge in [-0.25, -0.2) is 0 Å². The quantitative estimate of drug-likeness (QED) is 0.879. The molecule has 0 radical (unpaired) electrons. The molecule has 1 N–H and O–H groups in total. The first-order chi connectivity index (χ1) is 11.6. The van der Waals surface area contributed by atoms with Crippen LogP contribution in [-0.4, -0.2) is 44.4 Å². The van der Waals surface area contributed by atoms with Gasteiger partial charge in [0.15, 0.2) is 5.82 Å². The predicted molar refractivity (Wildman–Crippen MR) is 90.6 cm³/mol. The van der Waals surface area contributed by atoms with Crippen LogP contribution in [-0.2, 0) is 11.3 Å². The Balaban J connectivity index is 1.67. The highest BCUT2D eigenvalue weighted by molar-refractivity contribution is 5.94. The van der Waals surface area contributed by atoms with Gasteiger partial charge < -0.3 is 9.84 Å². The van der Waals surface area contributed by atoms with E-state index in [1.807, 2.05) is 31.6 Å². The van der Waals surface area contributed by atoms with E-state index in [9.17, 15) is 4.79 Å².